The second-order valence-corrected chi connectivity index (χ2v) is 5.37. The van der Waals surface area contributed by atoms with Crippen LogP contribution in [0.2, 0.25) is 0 Å². The summed E-state index contributed by atoms with van der Waals surface area (Å²) >= 11 is 0. The number of hydrogen-bond acceptors (Lipinski definition) is 5. The maximum absolute atomic E-state index is 11.0. The zero-order valence-corrected chi connectivity index (χ0v) is 12.1. The van der Waals surface area contributed by atoms with E-state index in [0.717, 1.165) is 0 Å². The van der Waals surface area contributed by atoms with Crippen molar-refractivity contribution >= 4 is 10.1 Å². The van der Waals surface area contributed by atoms with Gasteiger partial charge in [-0.25, -0.2) is 0 Å². The van der Waals surface area contributed by atoms with Crippen molar-refractivity contribution < 1.29 is 18.1 Å². The van der Waals surface area contributed by atoms with Crippen molar-refractivity contribution in [1.29, 1.82) is 0 Å². The SMILES string of the molecule is CNCn1c(O)cccc1=O.O=S(=O)(O)c1ccccc1. The number of benzene rings is 1. The van der Waals surface area contributed by atoms with E-state index >= 15 is 0 Å². The van der Waals surface area contributed by atoms with Crippen molar-refractivity contribution in [2.24, 2.45) is 0 Å². The molecule has 0 amide bonds. The molecule has 0 atom stereocenters. The van der Waals surface area contributed by atoms with Gasteiger partial charge in [0.1, 0.15) is 0 Å². The Morgan fingerprint density at radius 3 is 2.14 bits per heavy atom. The molecular formula is C13H16N2O5S. The second-order valence-electron chi connectivity index (χ2n) is 3.95. The maximum Gasteiger partial charge on any atom is 0.294 e. The molecule has 0 aliphatic carbocycles. The van der Waals surface area contributed by atoms with E-state index in [1.54, 1.807) is 25.2 Å². The van der Waals surface area contributed by atoms with Crippen LogP contribution in [-0.4, -0.2) is 29.7 Å². The monoisotopic (exact) mass is 312 g/mol. The van der Waals surface area contributed by atoms with Gasteiger partial charge in [0.25, 0.3) is 15.7 Å². The zero-order valence-electron chi connectivity index (χ0n) is 11.3. The molecule has 0 aliphatic rings. The maximum atomic E-state index is 11.0. The summed E-state index contributed by atoms with van der Waals surface area (Å²) < 4.78 is 30.5. The molecular weight excluding hydrogens is 296 g/mol. The number of hydrogen-bond donors (Lipinski definition) is 3. The smallest absolute Gasteiger partial charge is 0.294 e. The first-order chi connectivity index (χ1) is 9.86. The molecule has 7 nitrogen and oxygen atoms in total. The van der Waals surface area contributed by atoms with Gasteiger partial charge >= 0.3 is 0 Å². The zero-order chi connectivity index (χ0) is 15.9. The molecule has 8 heteroatoms. The van der Waals surface area contributed by atoms with Crippen LogP contribution in [0.15, 0.2) is 58.2 Å². The van der Waals surface area contributed by atoms with Gasteiger partial charge in [0, 0.05) is 6.07 Å². The molecule has 0 spiro atoms. The highest BCUT2D eigenvalue weighted by molar-refractivity contribution is 7.85. The molecule has 1 aromatic carbocycles. The number of nitrogens with zero attached hydrogens (tertiary/aromatic N) is 1. The first-order valence-electron chi connectivity index (χ1n) is 5.92. The molecule has 0 radical (unpaired) electrons. The van der Waals surface area contributed by atoms with Crippen molar-refractivity contribution in [3.05, 3.63) is 58.9 Å². The van der Waals surface area contributed by atoms with Gasteiger partial charge in [-0.3, -0.25) is 13.9 Å². The predicted octanol–water partition coefficient (Wildman–Crippen LogP) is 0.664. The van der Waals surface area contributed by atoms with Crippen molar-refractivity contribution in [1.82, 2.24) is 9.88 Å². The van der Waals surface area contributed by atoms with E-state index in [2.05, 4.69) is 5.32 Å². The average molecular weight is 312 g/mol. The Kier molecular flexibility index (Phi) is 6.10. The molecule has 0 unspecified atom stereocenters. The average Bonchev–Trinajstić information content (AvgIpc) is 2.44. The van der Waals surface area contributed by atoms with Gasteiger partial charge in [0.2, 0.25) is 0 Å². The van der Waals surface area contributed by atoms with Gasteiger partial charge < -0.3 is 10.4 Å². The largest absolute Gasteiger partial charge is 0.494 e. The Morgan fingerprint density at radius 2 is 1.71 bits per heavy atom. The Balaban J connectivity index is 0.000000211. The van der Waals surface area contributed by atoms with Crippen LogP contribution in [0.1, 0.15) is 0 Å². The van der Waals surface area contributed by atoms with E-state index in [-0.39, 0.29) is 16.3 Å². The van der Waals surface area contributed by atoms with Crippen LogP contribution >= 0.6 is 0 Å². The Labute approximate surface area is 122 Å². The summed E-state index contributed by atoms with van der Waals surface area (Å²) in [6.45, 7) is 0.325. The highest BCUT2D eigenvalue weighted by Gasteiger charge is 2.05. The number of pyridine rings is 1. The summed E-state index contributed by atoms with van der Waals surface area (Å²) in [5.74, 6) is -0.0214. The molecule has 3 N–H and O–H groups in total. The van der Waals surface area contributed by atoms with Gasteiger partial charge in [-0.2, -0.15) is 8.42 Å². The predicted molar refractivity (Wildman–Crippen MR) is 77.7 cm³/mol. The topological polar surface area (TPSA) is 109 Å². The minimum atomic E-state index is -4.00. The molecule has 0 bridgehead atoms. The van der Waals surface area contributed by atoms with E-state index < -0.39 is 10.1 Å². The summed E-state index contributed by atoms with van der Waals surface area (Å²) in [6, 6.07) is 11.8. The summed E-state index contributed by atoms with van der Waals surface area (Å²) in [6.07, 6.45) is 0. The van der Waals surface area contributed by atoms with Crippen LogP contribution in [0, 0.1) is 0 Å². The highest BCUT2D eigenvalue weighted by Crippen LogP contribution is 2.05. The first kappa shape index (κ1) is 16.9. The van der Waals surface area contributed by atoms with E-state index in [9.17, 15) is 13.2 Å². The fourth-order valence-corrected chi connectivity index (χ4v) is 1.92. The molecule has 0 aliphatic heterocycles. The number of rotatable bonds is 3. The third-order valence-corrected chi connectivity index (χ3v) is 3.25. The van der Waals surface area contributed by atoms with Crippen molar-refractivity contribution in [3.8, 4) is 5.88 Å². The van der Waals surface area contributed by atoms with E-state index in [1.165, 1.54) is 34.9 Å². The summed E-state index contributed by atoms with van der Waals surface area (Å²) in [4.78, 5) is 10.9. The third-order valence-electron chi connectivity index (χ3n) is 2.38. The third kappa shape index (κ3) is 5.38. The molecule has 1 heterocycles. The molecule has 0 fully saturated rings. The van der Waals surface area contributed by atoms with Gasteiger partial charge in [-0.15, -0.1) is 0 Å². The first-order valence-corrected chi connectivity index (χ1v) is 7.36. The van der Waals surface area contributed by atoms with Crippen molar-refractivity contribution in [2.45, 2.75) is 11.6 Å². The molecule has 0 saturated heterocycles. The van der Waals surface area contributed by atoms with Crippen LogP contribution in [0.3, 0.4) is 0 Å². The van der Waals surface area contributed by atoms with Gasteiger partial charge in [-0.05, 0) is 25.2 Å². The molecule has 2 rings (SSSR count). The lowest BCUT2D eigenvalue weighted by atomic mass is 10.4. The summed E-state index contributed by atoms with van der Waals surface area (Å²) in [5, 5.41) is 11.9. The summed E-state index contributed by atoms with van der Waals surface area (Å²) in [5.41, 5.74) is -0.209. The Bertz CT molecular complexity index is 726. The van der Waals surface area contributed by atoms with E-state index in [0.29, 0.717) is 6.67 Å². The van der Waals surface area contributed by atoms with Gasteiger partial charge in [-0.1, -0.05) is 24.3 Å². The lowest BCUT2D eigenvalue weighted by Gasteiger charge is -2.05. The van der Waals surface area contributed by atoms with Crippen LogP contribution in [-0.2, 0) is 16.8 Å². The van der Waals surface area contributed by atoms with E-state index in [1.807, 2.05) is 0 Å². The molecule has 114 valence electrons. The van der Waals surface area contributed by atoms with Gasteiger partial charge in [0.05, 0.1) is 11.6 Å². The minimum absolute atomic E-state index is 0.0214. The lowest BCUT2D eigenvalue weighted by molar-refractivity contribution is 0.397. The van der Waals surface area contributed by atoms with Crippen LogP contribution in [0.4, 0.5) is 0 Å². The van der Waals surface area contributed by atoms with Crippen molar-refractivity contribution in [2.75, 3.05) is 7.05 Å². The molecule has 1 aromatic heterocycles. The van der Waals surface area contributed by atoms with Crippen LogP contribution in [0.25, 0.3) is 0 Å². The second kappa shape index (κ2) is 7.58. The van der Waals surface area contributed by atoms with Crippen LogP contribution in [0.5, 0.6) is 5.88 Å². The minimum Gasteiger partial charge on any atom is -0.494 e. The fourth-order valence-electron chi connectivity index (χ4n) is 1.42. The molecule has 2 aromatic rings. The standard InChI is InChI=1S/C7H10N2O2.C6H6O3S/c1-8-5-9-6(10)3-2-4-7(9)11;7-10(8,9)6-4-2-1-3-5-6/h2-4,8,10H,5H2,1H3;1-5H,(H,7,8,9). The number of aromatic hydroxyl groups is 1. The Morgan fingerprint density at radius 1 is 1.10 bits per heavy atom. The van der Waals surface area contributed by atoms with E-state index in [4.69, 9.17) is 9.66 Å². The molecule has 21 heavy (non-hydrogen) atoms. The summed E-state index contributed by atoms with van der Waals surface area (Å²) in [7, 11) is -2.30. The fraction of sp³-hybridized carbons (Fsp3) is 0.154. The normalized spacial score (nSPS) is 10.6. The molecule has 0 saturated carbocycles. The lowest BCUT2D eigenvalue weighted by Crippen LogP contribution is -2.24. The number of nitrogens with one attached hydrogen (secondary N) is 1. The van der Waals surface area contributed by atoms with Gasteiger partial charge in [0.15, 0.2) is 5.88 Å². The van der Waals surface area contributed by atoms with Crippen molar-refractivity contribution in [3.63, 3.8) is 0 Å². The Hall–Kier alpha value is -2.16. The quantitative estimate of drug-likeness (QED) is 0.719. The number of aromatic nitrogens is 1. The van der Waals surface area contributed by atoms with Crippen LogP contribution < -0.4 is 10.9 Å². The highest BCUT2D eigenvalue weighted by atomic mass is 32.2.